The number of hydrogen-bond acceptors (Lipinski definition) is 3. The van der Waals surface area contributed by atoms with Crippen LogP contribution in [-0.2, 0) is 11.2 Å². The molecule has 2 aromatic carbocycles. The van der Waals surface area contributed by atoms with E-state index in [9.17, 15) is 4.79 Å². The van der Waals surface area contributed by atoms with E-state index in [2.05, 4.69) is 23.5 Å². The Kier molecular flexibility index (Phi) is 3.42. The third kappa shape index (κ3) is 2.39. The maximum Gasteiger partial charge on any atom is 0.338 e. The van der Waals surface area contributed by atoms with Crippen LogP contribution in [0.5, 0.6) is 0 Å². The van der Waals surface area contributed by atoms with Crippen molar-refractivity contribution < 1.29 is 9.53 Å². The standard InChI is InChI=1S/C17H17NO2/c1-2-20-17(19)15-5-3-4-13(10-15)14-7-6-12-8-9-18-16(12)11-14/h3-7,10-11,18H,2,8-9H2,1H3. The van der Waals surface area contributed by atoms with Crippen LogP contribution in [0, 0.1) is 0 Å². The summed E-state index contributed by atoms with van der Waals surface area (Å²) in [6.45, 7) is 3.21. The van der Waals surface area contributed by atoms with Crippen LogP contribution in [0.4, 0.5) is 5.69 Å². The van der Waals surface area contributed by atoms with Crippen LogP contribution in [0.15, 0.2) is 42.5 Å². The van der Waals surface area contributed by atoms with Crippen molar-refractivity contribution in [1.29, 1.82) is 0 Å². The summed E-state index contributed by atoms with van der Waals surface area (Å²) in [7, 11) is 0. The van der Waals surface area contributed by atoms with Gasteiger partial charge in [0, 0.05) is 12.2 Å². The first kappa shape index (κ1) is 12.7. The smallest absolute Gasteiger partial charge is 0.338 e. The number of rotatable bonds is 3. The number of ether oxygens (including phenoxy) is 1. The van der Waals surface area contributed by atoms with Gasteiger partial charge < -0.3 is 10.1 Å². The molecule has 0 radical (unpaired) electrons. The monoisotopic (exact) mass is 267 g/mol. The number of hydrogen-bond donors (Lipinski definition) is 1. The maximum atomic E-state index is 11.8. The van der Waals surface area contributed by atoms with Crippen LogP contribution in [0.3, 0.4) is 0 Å². The zero-order chi connectivity index (χ0) is 13.9. The number of benzene rings is 2. The number of fused-ring (bicyclic) bond motifs is 1. The van der Waals surface area contributed by atoms with Crippen molar-refractivity contribution in [3.63, 3.8) is 0 Å². The first-order valence-corrected chi connectivity index (χ1v) is 6.92. The largest absolute Gasteiger partial charge is 0.462 e. The minimum absolute atomic E-state index is 0.270. The van der Waals surface area contributed by atoms with E-state index in [-0.39, 0.29) is 5.97 Å². The molecule has 3 nitrogen and oxygen atoms in total. The van der Waals surface area contributed by atoms with Gasteiger partial charge in [0.15, 0.2) is 0 Å². The number of nitrogens with one attached hydrogen (secondary N) is 1. The molecule has 1 aliphatic rings. The Morgan fingerprint density at radius 2 is 2.05 bits per heavy atom. The molecule has 1 N–H and O–H groups in total. The van der Waals surface area contributed by atoms with E-state index in [0.717, 1.165) is 24.1 Å². The van der Waals surface area contributed by atoms with Crippen LogP contribution < -0.4 is 5.32 Å². The highest BCUT2D eigenvalue weighted by Crippen LogP contribution is 2.29. The van der Waals surface area contributed by atoms with E-state index < -0.39 is 0 Å². The summed E-state index contributed by atoms with van der Waals surface area (Å²) < 4.78 is 5.04. The zero-order valence-corrected chi connectivity index (χ0v) is 11.5. The summed E-state index contributed by atoms with van der Waals surface area (Å²) in [6.07, 6.45) is 1.08. The molecule has 0 aliphatic carbocycles. The molecule has 3 heteroatoms. The predicted molar refractivity (Wildman–Crippen MR) is 80.0 cm³/mol. The average molecular weight is 267 g/mol. The van der Waals surface area contributed by atoms with Crippen molar-refractivity contribution in [2.75, 3.05) is 18.5 Å². The molecular weight excluding hydrogens is 250 g/mol. The second kappa shape index (κ2) is 5.37. The molecule has 0 atom stereocenters. The first-order valence-electron chi connectivity index (χ1n) is 6.92. The SMILES string of the molecule is CCOC(=O)c1cccc(-c2ccc3c(c2)NCC3)c1. The molecule has 0 aromatic heterocycles. The number of carbonyl (C=O) groups excluding carboxylic acids is 1. The van der Waals surface area contributed by atoms with Crippen LogP contribution in [-0.4, -0.2) is 19.1 Å². The fraction of sp³-hybridized carbons (Fsp3) is 0.235. The van der Waals surface area contributed by atoms with Gasteiger partial charge in [-0.2, -0.15) is 0 Å². The van der Waals surface area contributed by atoms with Crippen molar-refractivity contribution in [3.05, 3.63) is 53.6 Å². The topological polar surface area (TPSA) is 38.3 Å². The highest BCUT2D eigenvalue weighted by molar-refractivity contribution is 5.91. The second-order valence-electron chi connectivity index (χ2n) is 4.85. The Morgan fingerprint density at radius 1 is 1.20 bits per heavy atom. The Labute approximate surface area is 118 Å². The fourth-order valence-electron chi connectivity index (χ4n) is 2.51. The van der Waals surface area contributed by atoms with Gasteiger partial charge in [-0.3, -0.25) is 0 Å². The van der Waals surface area contributed by atoms with E-state index in [1.165, 1.54) is 11.3 Å². The molecule has 0 amide bonds. The summed E-state index contributed by atoms with van der Waals surface area (Å²) in [6, 6.07) is 14.0. The summed E-state index contributed by atoms with van der Waals surface area (Å²) in [5.41, 5.74) is 5.30. The van der Waals surface area contributed by atoms with E-state index in [1.54, 1.807) is 6.07 Å². The molecular formula is C17H17NO2. The van der Waals surface area contributed by atoms with Gasteiger partial charge in [0.05, 0.1) is 12.2 Å². The molecule has 3 rings (SSSR count). The minimum atomic E-state index is -0.270. The summed E-state index contributed by atoms with van der Waals surface area (Å²) >= 11 is 0. The van der Waals surface area contributed by atoms with Gasteiger partial charge in [0.25, 0.3) is 0 Å². The third-order valence-electron chi connectivity index (χ3n) is 3.53. The van der Waals surface area contributed by atoms with Crippen LogP contribution in [0.2, 0.25) is 0 Å². The average Bonchev–Trinajstić information content (AvgIpc) is 2.95. The number of anilines is 1. The molecule has 0 spiro atoms. The zero-order valence-electron chi connectivity index (χ0n) is 11.5. The Morgan fingerprint density at radius 3 is 2.90 bits per heavy atom. The lowest BCUT2D eigenvalue weighted by molar-refractivity contribution is 0.0526. The van der Waals surface area contributed by atoms with E-state index in [4.69, 9.17) is 4.74 Å². The van der Waals surface area contributed by atoms with Gasteiger partial charge >= 0.3 is 5.97 Å². The van der Waals surface area contributed by atoms with Gasteiger partial charge in [-0.15, -0.1) is 0 Å². The van der Waals surface area contributed by atoms with E-state index >= 15 is 0 Å². The van der Waals surface area contributed by atoms with E-state index in [0.29, 0.717) is 12.2 Å². The quantitative estimate of drug-likeness (QED) is 0.865. The first-order chi connectivity index (χ1) is 9.78. The molecule has 0 bridgehead atoms. The molecule has 0 saturated carbocycles. The third-order valence-corrected chi connectivity index (χ3v) is 3.53. The molecule has 1 heterocycles. The molecule has 2 aromatic rings. The van der Waals surface area contributed by atoms with E-state index in [1.807, 2.05) is 25.1 Å². The predicted octanol–water partition coefficient (Wildman–Crippen LogP) is 3.50. The van der Waals surface area contributed by atoms with Gasteiger partial charge in [0.2, 0.25) is 0 Å². The minimum Gasteiger partial charge on any atom is -0.462 e. The lowest BCUT2D eigenvalue weighted by Gasteiger charge is -2.07. The number of esters is 1. The van der Waals surface area contributed by atoms with Crippen molar-refractivity contribution in [3.8, 4) is 11.1 Å². The molecule has 0 unspecified atom stereocenters. The summed E-state index contributed by atoms with van der Waals surface area (Å²) in [5.74, 6) is -0.270. The van der Waals surface area contributed by atoms with Crippen molar-refractivity contribution in [2.45, 2.75) is 13.3 Å². The van der Waals surface area contributed by atoms with Gasteiger partial charge in [-0.25, -0.2) is 4.79 Å². The van der Waals surface area contributed by atoms with Gasteiger partial charge in [-0.05, 0) is 48.2 Å². The lowest BCUT2D eigenvalue weighted by atomic mass is 10.0. The number of carbonyl (C=O) groups is 1. The molecule has 20 heavy (non-hydrogen) atoms. The Hall–Kier alpha value is -2.29. The van der Waals surface area contributed by atoms with Crippen molar-refractivity contribution in [2.24, 2.45) is 0 Å². The fourth-order valence-corrected chi connectivity index (χ4v) is 2.51. The van der Waals surface area contributed by atoms with Crippen LogP contribution in [0.1, 0.15) is 22.8 Å². The molecule has 0 fully saturated rings. The van der Waals surface area contributed by atoms with Crippen LogP contribution in [0.25, 0.3) is 11.1 Å². The van der Waals surface area contributed by atoms with Gasteiger partial charge in [0.1, 0.15) is 0 Å². The van der Waals surface area contributed by atoms with Crippen molar-refractivity contribution in [1.82, 2.24) is 0 Å². The lowest BCUT2D eigenvalue weighted by Crippen LogP contribution is -2.04. The summed E-state index contributed by atoms with van der Waals surface area (Å²) in [4.78, 5) is 11.8. The molecule has 1 aliphatic heterocycles. The highest BCUT2D eigenvalue weighted by atomic mass is 16.5. The Bertz CT molecular complexity index is 649. The summed E-state index contributed by atoms with van der Waals surface area (Å²) in [5, 5.41) is 3.38. The normalized spacial score (nSPS) is 12.7. The Balaban J connectivity index is 1.94. The van der Waals surface area contributed by atoms with Gasteiger partial charge in [-0.1, -0.05) is 24.3 Å². The van der Waals surface area contributed by atoms with Crippen molar-refractivity contribution >= 4 is 11.7 Å². The maximum absolute atomic E-state index is 11.8. The highest BCUT2D eigenvalue weighted by Gasteiger charge is 2.12. The molecule has 102 valence electrons. The second-order valence-corrected chi connectivity index (χ2v) is 4.85. The van der Waals surface area contributed by atoms with Crippen LogP contribution >= 0.6 is 0 Å². The molecule has 0 saturated heterocycles.